The molecule has 0 spiro atoms. The minimum atomic E-state index is -0.821. The van der Waals surface area contributed by atoms with E-state index in [0.717, 1.165) is 10.6 Å². The van der Waals surface area contributed by atoms with Crippen molar-refractivity contribution in [1.82, 2.24) is 9.78 Å². The highest BCUT2D eigenvalue weighted by molar-refractivity contribution is 7.15. The van der Waals surface area contributed by atoms with Crippen LogP contribution in [0.5, 0.6) is 0 Å². The molecule has 0 radical (unpaired) electrons. The number of hydrogen-bond acceptors (Lipinski definition) is 4. The molecular formula is C17H15ClN2O2S. The molecule has 1 N–H and O–H groups in total. The minimum absolute atomic E-state index is 0.0959. The van der Waals surface area contributed by atoms with E-state index in [1.807, 2.05) is 19.1 Å². The fourth-order valence-corrected chi connectivity index (χ4v) is 3.20. The number of nitrogens with zero attached hydrogens (tertiary/aromatic N) is 2. The standard InChI is InChI=1S/C17H15ClN2O2S/c1-11-2-8-16(23-11)14-7-9-17(22)20(19-14)10-15(21)12-3-5-13(18)6-4-12/h2-9,15,21H,10H2,1H3. The van der Waals surface area contributed by atoms with Crippen molar-refractivity contribution in [3.63, 3.8) is 0 Å². The first-order valence-electron chi connectivity index (χ1n) is 7.11. The van der Waals surface area contributed by atoms with Gasteiger partial charge in [-0.25, -0.2) is 4.68 Å². The molecular weight excluding hydrogens is 332 g/mol. The van der Waals surface area contributed by atoms with Gasteiger partial charge in [0.1, 0.15) is 5.69 Å². The molecule has 3 rings (SSSR count). The first kappa shape index (κ1) is 15.9. The second-order valence-corrected chi connectivity index (χ2v) is 6.94. The molecule has 0 saturated heterocycles. The molecule has 4 nitrogen and oxygen atoms in total. The summed E-state index contributed by atoms with van der Waals surface area (Å²) in [6.07, 6.45) is -0.821. The number of aromatic nitrogens is 2. The van der Waals surface area contributed by atoms with E-state index in [1.54, 1.807) is 41.7 Å². The van der Waals surface area contributed by atoms with E-state index in [4.69, 9.17) is 11.6 Å². The van der Waals surface area contributed by atoms with E-state index >= 15 is 0 Å². The number of hydrogen-bond donors (Lipinski definition) is 1. The van der Waals surface area contributed by atoms with E-state index < -0.39 is 6.10 Å². The lowest BCUT2D eigenvalue weighted by molar-refractivity contribution is 0.149. The smallest absolute Gasteiger partial charge is 0.266 e. The second-order valence-electron chi connectivity index (χ2n) is 5.22. The fourth-order valence-electron chi connectivity index (χ4n) is 2.24. The minimum Gasteiger partial charge on any atom is -0.386 e. The van der Waals surface area contributed by atoms with Crippen LogP contribution in [-0.2, 0) is 6.54 Å². The van der Waals surface area contributed by atoms with Crippen molar-refractivity contribution in [3.05, 3.63) is 74.3 Å². The van der Waals surface area contributed by atoms with E-state index in [1.165, 1.54) is 15.6 Å². The van der Waals surface area contributed by atoms with Crippen molar-refractivity contribution in [2.24, 2.45) is 0 Å². The lowest BCUT2D eigenvalue weighted by Crippen LogP contribution is -2.25. The van der Waals surface area contributed by atoms with Crippen molar-refractivity contribution < 1.29 is 5.11 Å². The number of aliphatic hydroxyl groups is 1. The Kier molecular flexibility index (Phi) is 4.61. The van der Waals surface area contributed by atoms with Gasteiger partial charge in [0.2, 0.25) is 0 Å². The zero-order valence-electron chi connectivity index (χ0n) is 12.4. The maximum atomic E-state index is 12.0. The molecule has 118 valence electrons. The maximum Gasteiger partial charge on any atom is 0.266 e. The van der Waals surface area contributed by atoms with E-state index in [9.17, 15) is 9.90 Å². The zero-order chi connectivity index (χ0) is 16.4. The third-order valence-corrected chi connectivity index (χ3v) is 4.74. The number of thiophene rings is 1. The summed E-state index contributed by atoms with van der Waals surface area (Å²) in [5, 5.41) is 15.3. The highest BCUT2D eigenvalue weighted by atomic mass is 35.5. The summed E-state index contributed by atoms with van der Waals surface area (Å²) >= 11 is 7.46. The number of halogens is 1. The first-order valence-corrected chi connectivity index (χ1v) is 8.31. The molecule has 0 aliphatic heterocycles. The van der Waals surface area contributed by atoms with E-state index in [0.29, 0.717) is 10.6 Å². The third-order valence-electron chi connectivity index (χ3n) is 3.46. The highest BCUT2D eigenvalue weighted by Gasteiger charge is 2.12. The summed E-state index contributed by atoms with van der Waals surface area (Å²) in [5.41, 5.74) is 1.18. The Hall–Kier alpha value is -1.95. The molecule has 23 heavy (non-hydrogen) atoms. The Morgan fingerprint density at radius 1 is 1.17 bits per heavy atom. The topological polar surface area (TPSA) is 55.1 Å². The third kappa shape index (κ3) is 3.69. The van der Waals surface area contributed by atoms with Crippen LogP contribution >= 0.6 is 22.9 Å². The van der Waals surface area contributed by atoms with Gasteiger partial charge in [-0.3, -0.25) is 4.79 Å². The van der Waals surface area contributed by atoms with Gasteiger partial charge in [0.15, 0.2) is 0 Å². The number of aliphatic hydroxyl groups excluding tert-OH is 1. The number of benzene rings is 1. The van der Waals surface area contributed by atoms with Crippen LogP contribution < -0.4 is 5.56 Å². The summed E-state index contributed by atoms with van der Waals surface area (Å²) in [5.74, 6) is 0. The molecule has 0 fully saturated rings. The van der Waals surface area contributed by atoms with Crippen molar-refractivity contribution in [1.29, 1.82) is 0 Å². The molecule has 1 atom stereocenters. The number of rotatable bonds is 4. The van der Waals surface area contributed by atoms with Crippen LogP contribution in [-0.4, -0.2) is 14.9 Å². The summed E-state index contributed by atoms with van der Waals surface area (Å²) in [6.45, 7) is 2.12. The summed E-state index contributed by atoms with van der Waals surface area (Å²) < 4.78 is 1.30. The SMILES string of the molecule is Cc1ccc(-c2ccc(=O)n(CC(O)c3ccc(Cl)cc3)n2)s1. The first-order chi connectivity index (χ1) is 11.0. The quantitative estimate of drug-likeness (QED) is 0.784. The summed E-state index contributed by atoms with van der Waals surface area (Å²) in [6, 6.07) is 14.1. The summed E-state index contributed by atoms with van der Waals surface area (Å²) in [4.78, 5) is 14.2. The molecule has 2 aromatic heterocycles. The zero-order valence-corrected chi connectivity index (χ0v) is 14.0. The van der Waals surface area contributed by atoms with Crippen molar-refractivity contribution in [3.8, 4) is 10.6 Å². The van der Waals surface area contributed by atoms with Gasteiger partial charge in [0.25, 0.3) is 5.56 Å². The summed E-state index contributed by atoms with van der Waals surface area (Å²) in [7, 11) is 0. The van der Waals surface area contributed by atoms with Crippen molar-refractivity contribution in [2.75, 3.05) is 0 Å². The molecule has 6 heteroatoms. The van der Waals surface area contributed by atoms with E-state index in [-0.39, 0.29) is 12.1 Å². The predicted molar refractivity (Wildman–Crippen MR) is 93.0 cm³/mol. The Bertz CT molecular complexity index is 871. The molecule has 3 aromatic rings. The van der Waals surface area contributed by atoms with Crippen LogP contribution in [0.2, 0.25) is 5.02 Å². The Morgan fingerprint density at radius 3 is 2.57 bits per heavy atom. The predicted octanol–water partition coefficient (Wildman–Crippen LogP) is 3.67. The van der Waals surface area contributed by atoms with E-state index in [2.05, 4.69) is 5.10 Å². The normalized spacial score (nSPS) is 12.3. The van der Waals surface area contributed by atoms with Crippen LogP contribution in [0.25, 0.3) is 10.6 Å². The van der Waals surface area contributed by atoms with Gasteiger partial charge in [-0.2, -0.15) is 5.10 Å². The van der Waals surface area contributed by atoms with Gasteiger partial charge >= 0.3 is 0 Å². The average Bonchev–Trinajstić information content (AvgIpc) is 2.96. The number of aryl methyl sites for hydroxylation is 1. The Balaban J connectivity index is 1.87. The molecule has 1 aromatic carbocycles. The molecule has 0 saturated carbocycles. The monoisotopic (exact) mass is 346 g/mol. The maximum absolute atomic E-state index is 12.0. The van der Waals surface area contributed by atoms with Crippen LogP contribution in [0.4, 0.5) is 0 Å². The second kappa shape index (κ2) is 6.66. The van der Waals surface area contributed by atoms with Crippen LogP contribution in [0.15, 0.2) is 53.3 Å². The Labute approximate surface area is 142 Å². The van der Waals surface area contributed by atoms with Crippen LogP contribution in [0.3, 0.4) is 0 Å². The molecule has 1 unspecified atom stereocenters. The molecule has 0 aliphatic carbocycles. The van der Waals surface area contributed by atoms with Gasteiger partial charge in [-0.15, -0.1) is 11.3 Å². The molecule has 0 aliphatic rings. The van der Waals surface area contributed by atoms with Crippen LogP contribution in [0.1, 0.15) is 16.5 Å². The van der Waals surface area contributed by atoms with Crippen molar-refractivity contribution >= 4 is 22.9 Å². The van der Waals surface area contributed by atoms with Crippen LogP contribution in [0, 0.1) is 6.92 Å². The lowest BCUT2D eigenvalue weighted by Gasteiger charge is -2.13. The van der Waals surface area contributed by atoms with Gasteiger partial charge in [-0.1, -0.05) is 23.7 Å². The lowest BCUT2D eigenvalue weighted by atomic mass is 10.1. The molecule has 2 heterocycles. The van der Waals surface area contributed by atoms with Gasteiger partial charge in [0.05, 0.1) is 17.5 Å². The van der Waals surface area contributed by atoms with Gasteiger partial charge in [-0.05, 0) is 42.8 Å². The largest absolute Gasteiger partial charge is 0.386 e. The highest BCUT2D eigenvalue weighted by Crippen LogP contribution is 2.25. The fraction of sp³-hybridized carbons (Fsp3) is 0.176. The van der Waals surface area contributed by atoms with Gasteiger partial charge < -0.3 is 5.11 Å². The van der Waals surface area contributed by atoms with Crippen molar-refractivity contribution in [2.45, 2.75) is 19.6 Å². The Morgan fingerprint density at radius 2 is 1.91 bits per heavy atom. The average molecular weight is 347 g/mol. The van der Waals surface area contributed by atoms with Gasteiger partial charge in [0, 0.05) is 16.0 Å². The molecule has 0 amide bonds. The molecule has 0 bridgehead atoms.